The molecule has 1 heterocycles. The van der Waals surface area contributed by atoms with Gasteiger partial charge in [-0.15, -0.1) is 0 Å². The summed E-state index contributed by atoms with van der Waals surface area (Å²) in [5, 5.41) is 3.27. The normalized spacial score (nSPS) is 19.0. The fourth-order valence-corrected chi connectivity index (χ4v) is 4.69. The van der Waals surface area contributed by atoms with Gasteiger partial charge in [-0.3, -0.25) is 9.69 Å². The lowest BCUT2D eigenvalue weighted by atomic mass is 9.99. The van der Waals surface area contributed by atoms with Gasteiger partial charge in [-0.05, 0) is 42.7 Å². The van der Waals surface area contributed by atoms with Gasteiger partial charge in [-0.2, -0.15) is 11.8 Å². The van der Waals surface area contributed by atoms with E-state index in [1.807, 2.05) is 18.2 Å². The topological polar surface area (TPSA) is 32.3 Å². The van der Waals surface area contributed by atoms with Gasteiger partial charge in [0.1, 0.15) is 0 Å². The van der Waals surface area contributed by atoms with Crippen LogP contribution in [0, 0.1) is 5.92 Å². The highest BCUT2D eigenvalue weighted by Crippen LogP contribution is 2.21. The molecule has 0 aromatic heterocycles. The molecule has 1 amide bonds. The highest BCUT2D eigenvalue weighted by Gasteiger charge is 2.23. The predicted molar refractivity (Wildman–Crippen MR) is 120 cm³/mol. The van der Waals surface area contributed by atoms with Gasteiger partial charge in [0.25, 0.3) is 0 Å². The molecule has 2 aromatic rings. The maximum atomic E-state index is 12.9. The van der Waals surface area contributed by atoms with Gasteiger partial charge >= 0.3 is 0 Å². The SMILES string of the molecule is CSC[C@H](C(=O)NC[C@H]1CCCCN(Cc2ccccc2)C1)c1ccccc1. The molecule has 1 saturated heterocycles. The van der Waals surface area contributed by atoms with Crippen molar-refractivity contribution in [3.05, 3.63) is 71.8 Å². The van der Waals surface area contributed by atoms with Crippen LogP contribution < -0.4 is 5.32 Å². The van der Waals surface area contributed by atoms with Crippen molar-refractivity contribution in [3.63, 3.8) is 0 Å². The number of thioether (sulfide) groups is 1. The van der Waals surface area contributed by atoms with Crippen LogP contribution in [0.25, 0.3) is 0 Å². The summed E-state index contributed by atoms with van der Waals surface area (Å²) in [4.78, 5) is 15.4. The standard InChI is InChI=1S/C24H32N2OS/c1-28-19-23(22-13-6-3-7-14-22)24(27)25-16-21-12-8-9-15-26(18-21)17-20-10-4-2-5-11-20/h2-7,10-11,13-14,21,23H,8-9,12,15-19H2,1H3,(H,25,27)/t21-,23+/m1/s1. The lowest BCUT2D eigenvalue weighted by molar-refractivity contribution is -0.122. The Morgan fingerprint density at radius 1 is 1.11 bits per heavy atom. The zero-order valence-corrected chi connectivity index (χ0v) is 17.7. The van der Waals surface area contributed by atoms with Crippen molar-refractivity contribution in [1.82, 2.24) is 10.2 Å². The maximum absolute atomic E-state index is 12.9. The van der Waals surface area contributed by atoms with Gasteiger partial charge in [0.2, 0.25) is 5.91 Å². The second-order valence-corrected chi connectivity index (χ2v) is 8.66. The number of carbonyl (C=O) groups is 1. The van der Waals surface area contributed by atoms with Crippen LogP contribution in [0.3, 0.4) is 0 Å². The summed E-state index contributed by atoms with van der Waals surface area (Å²) in [6, 6.07) is 20.9. The van der Waals surface area contributed by atoms with Crippen LogP contribution in [-0.2, 0) is 11.3 Å². The summed E-state index contributed by atoms with van der Waals surface area (Å²) < 4.78 is 0. The number of rotatable bonds is 8. The molecule has 0 saturated carbocycles. The molecule has 2 atom stereocenters. The Balaban J connectivity index is 1.55. The van der Waals surface area contributed by atoms with Crippen LogP contribution in [0.15, 0.2) is 60.7 Å². The molecule has 0 bridgehead atoms. The first-order chi connectivity index (χ1) is 13.8. The van der Waals surface area contributed by atoms with E-state index in [4.69, 9.17) is 0 Å². The van der Waals surface area contributed by atoms with Gasteiger partial charge in [0.05, 0.1) is 5.92 Å². The molecule has 1 fully saturated rings. The van der Waals surface area contributed by atoms with Crippen molar-refractivity contribution in [2.45, 2.75) is 31.7 Å². The number of amides is 1. The monoisotopic (exact) mass is 396 g/mol. The lowest BCUT2D eigenvalue weighted by Gasteiger charge is -2.25. The number of likely N-dealkylation sites (tertiary alicyclic amines) is 1. The molecule has 1 aliphatic rings. The minimum absolute atomic E-state index is 0.0672. The smallest absolute Gasteiger partial charge is 0.228 e. The molecule has 3 nitrogen and oxygen atoms in total. The van der Waals surface area contributed by atoms with Crippen LogP contribution >= 0.6 is 11.8 Å². The lowest BCUT2D eigenvalue weighted by Crippen LogP contribution is -2.38. The molecule has 1 N–H and O–H groups in total. The Labute approximate surface area is 173 Å². The summed E-state index contributed by atoms with van der Waals surface area (Å²) in [7, 11) is 0. The van der Waals surface area contributed by atoms with E-state index >= 15 is 0 Å². The molecule has 1 aliphatic heterocycles. The molecular weight excluding hydrogens is 364 g/mol. The number of carbonyl (C=O) groups excluding carboxylic acids is 1. The molecule has 150 valence electrons. The maximum Gasteiger partial charge on any atom is 0.228 e. The zero-order chi connectivity index (χ0) is 19.6. The Bertz CT molecular complexity index is 707. The molecular formula is C24H32N2OS. The third-order valence-corrected chi connectivity index (χ3v) is 6.19. The molecule has 0 aliphatic carbocycles. The fourth-order valence-electron chi connectivity index (χ4n) is 4.01. The highest BCUT2D eigenvalue weighted by molar-refractivity contribution is 7.98. The van der Waals surface area contributed by atoms with E-state index in [9.17, 15) is 4.79 Å². The van der Waals surface area contributed by atoms with E-state index in [0.29, 0.717) is 5.92 Å². The van der Waals surface area contributed by atoms with Gasteiger partial charge < -0.3 is 5.32 Å². The molecule has 3 rings (SSSR count). The van der Waals surface area contributed by atoms with Crippen LogP contribution in [0.2, 0.25) is 0 Å². The van der Waals surface area contributed by atoms with E-state index in [1.165, 1.54) is 24.8 Å². The number of hydrogen-bond donors (Lipinski definition) is 1. The first kappa shape index (κ1) is 20.9. The average molecular weight is 397 g/mol. The number of hydrogen-bond acceptors (Lipinski definition) is 3. The molecule has 28 heavy (non-hydrogen) atoms. The first-order valence-electron chi connectivity index (χ1n) is 10.3. The van der Waals surface area contributed by atoms with Crippen molar-refractivity contribution in [3.8, 4) is 0 Å². The third kappa shape index (κ3) is 6.39. The Morgan fingerprint density at radius 2 is 1.82 bits per heavy atom. The summed E-state index contributed by atoms with van der Waals surface area (Å²) in [5.74, 6) is 1.45. The van der Waals surface area contributed by atoms with E-state index in [-0.39, 0.29) is 11.8 Å². The highest BCUT2D eigenvalue weighted by atomic mass is 32.2. The Morgan fingerprint density at radius 3 is 2.54 bits per heavy atom. The average Bonchev–Trinajstić information content (AvgIpc) is 2.96. The summed E-state index contributed by atoms with van der Waals surface area (Å²) >= 11 is 1.73. The molecule has 0 radical (unpaired) electrons. The van der Waals surface area contributed by atoms with Crippen molar-refractivity contribution in [2.75, 3.05) is 31.6 Å². The van der Waals surface area contributed by atoms with Gasteiger partial charge in [-0.25, -0.2) is 0 Å². The minimum atomic E-state index is -0.0672. The van der Waals surface area contributed by atoms with Crippen LogP contribution in [0.5, 0.6) is 0 Å². The van der Waals surface area contributed by atoms with Crippen LogP contribution in [0.1, 0.15) is 36.3 Å². The van der Waals surface area contributed by atoms with E-state index in [1.54, 1.807) is 11.8 Å². The number of benzene rings is 2. The van der Waals surface area contributed by atoms with Crippen molar-refractivity contribution < 1.29 is 4.79 Å². The van der Waals surface area contributed by atoms with Gasteiger partial charge in [0.15, 0.2) is 0 Å². The number of nitrogens with zero attached hydrogens (tertiary/aromatic N) is 1. The largest absolute Gasteiger partial charge is 0.355 e. The minimum Gasteiger partial charge on any atom is -0.355 e. The fraction of sp³-hybridized carbons (Fsp3) is 0.458. The van der Waals surface area contributed by atoms with Gasteiger partial charge in [0, 0.05) is 25.4 Å². The second-order valence-electron chi connectivity index (χ2n) is 7.75. The Hall–Kier alpha value is -1.78. The van der Waals surface area contributed by atoms with E-state index in [0.717, 1.165) is 37.5 Å². The number of nitrogens with one attached hydrogen (secondary N) is 1. The van der Waals surface area contributed by atoms with Crippen molar-refractivity contribution >= 4 is 17.7 Å². The Kier molecular flexibility index (Phi) is 8.43. The van der Waals surface area contributed by atoms with Crippen LogP contribution in [-0.4, -0.2) is 42.4 Å². The second kappa shape index (κ2) is 11.3. The van der Waals surface area contributed by atoms with Crippen LogP contribution in [0.4, 0.5) is 0 Å². The zero-order valence-electron chi connectivity index (χ0n) is 16.8. The molecule has 4 heteroatoms. The summed E-state index contributed by atoms with van der Waals surface area (Å²) in [6.07, 6.45) is 5.76. The van der Waals surface area contributed by atoms with Crippen molar-refractivity contribution in [2.24, 2.45) is 5.92 Å². The van der Waals surface area contributed by atoms with E-state index in [2.05, 4.69) is 58.9 Å². The first-order valence-corrected chi connectivity index (χ1v) is 11.7. The quantitative estimate of drug-likeness (QED) is 0.710. The van der Waals surface area contributed by atoms with E-state index < -0.39 is 0 Å². The third-order valence-electron chi connectivity index (χ3n) is 5.52. The molecule has 0 unspecified atom stereocenters. The summed E-state index contributed by atoms with van der Waals surface area (Å²) in [5.41, 5.74) is 2.48. The summed E-state index contributed by atoms with van der Waals surface area (Å²) in [6.45, 7) is 4.00. The molecule has 0 spiro atoms. The molecule has 2 aromatic carbocycles. The van der Waals surface area contributed by atoms with Crippen molar-refractivity contribution in [1.29, 1.82) is 0 Å². The predicted octanol–water partition coefficient (Wildman–Crippen LogP) is 4.55. The van der Waals surface area contributed by atoms with Gasteiger partial charge in [-0.1, -0.05) is 67.1 Å².